The van der Waals surface area contributed by atoms with Gasteiger partial charge >= 0.3 is 5.97 Å². The maximum Gasteiger partial charge on any atom is 0.312 e. The van der Waals surface area contributed by atoms with E-state index < -0.39 is 0 Å². The zero-order valence-electron chi connectivity index (χ0n) is 11.0. The van der Waals surface area contributed by atoms with Crippen molar-refractivity contribution >= 4 is 18.6 Å². The molecule has 0 fully saturated rings. The average molecular weight is 288 g/mol. The monoisotopic (exact) mass is 288 g/mol. The Balaban J connectivity index is 2.28. The first-order valence-corrected chi connectivity index (χ1v) is 6.98. The van der Waals surface area contributed by atoms with Gasteiger partial charge in [0.1, 0.15) is 5.75 Å². The molecule has 0 aliphatic rings. The lowest BCUT2D eigenvalue weighted by Gasteiger charge is -2.10. The van der Waals surface area contributed by atoms with E-state index in [1.807, 2.05) is 42.5 Å². The van der Waals surface area contributed by atoms with Crippen molar-refractivity contribution in [2.45, 2.75) is 13.0 Å². The minimum atomic E-state index is -0.292. The van der Waals surface area contributed by atoms with Crippen molar-refractivity contribution in [1.82, 2.24) is 0 Å². The lowest BCUT2D eigenvalue weighted by molar-refractivity contribution is -0.133. The third-order valence-corrected chi connectivity index (χ3v) is 3.10. The number of hydrogen-bond donors (Lipinski definition) is 2. The second kappa shape index (κ2) is 7.12. The Bertz CT molecular complexity index is 579. The molecule has 0 saturated heterocycles. The van der Waals surface area contributed by atoms with Crippen molar-refractivity contribution < 1.29 is 14.6 Å². The molecule has 4 heteroatoms. The minimum Gasteiger partial charge on any atom is -0.426 e. The van der Waals surface area contributed by atoms with Crippen LogP contribution in [-0.4, -0.2) is 16.8 Å². The van der Waals surface area contributed by atoms with Gasteiger partial charge in [0.15, 0.2) is 0 Å². The van der Waals surface area contributed by atoms with Crippen LogP contribution >= 0.6 is 12.6 Å². The summed E-state index contributed by atoms with van der Waals surface area (Å²) in [5.41, 5.74) is 2.64. The van der Waals surface area contributed by atoms with Gasteiger partial charge in [-0.1, -0.05) is 42.5 Å². The number of esters is 1. The van der Waals surface area contributed by atoms with Gasteiger partial charge < -0.3 is 9.84 Å². The van der Waals surface area contributed by atoms with E-state index in [0.29, 0.717) is 11.5 Å². The number of carbonyl (C=O) groups excluding carboxylic acids is 1. The highest BCUT2D eigenvalue weighted by molar-refractivity contribution is 7.80. The molecule has 0 radical (unpaired) electrons. The molecule has 0 aliphatic carbocycles. The molecule has 104 valence electrons. The highest BCUT2D eigenvalue weighted by atomic mass is 32.1. The third-order valence-electron chi connectivity index (χ3n) is 2.87. The normalized spacial score (nSPS) is 10.3. The van der Waals surface area contributed by atoms with E-state index >= 15 is 0 Å². The molecule has 0 heterocycles. The van der Waals surface area contributed by atoms with Crippen LogP contribution in [0.1, 0.15) is 12.0 Å². The number of carbonyl (C=O) groups is 1. The Morgan fingerprint density at radius 3 is 2.45 bits per heavy atom. The van der Waals surface area contributed by atoms with Crippen molar-refractivity contribution in [3.63, 3.8) is 0 Å². The largest absolute Gasteiger partial charge is 0.426 e. The van der Waals surface area contributed by atoms with Gasteiger partial charge in [-0.3, -0.25) is 4.79 Å². The molecule has 0 atom stereocenters. The summed E-state index contributed by atoms with van der Waals surface area (Å²) in [6, 6.07) is 14.9. The predicted octanol–water partition coefficient (Wildman–Crippen LogP) is 3.07. The number of benzene rings is 2. The Hall–Kier alpha value is -1.78. The Morgan fingerprint density at radius 1 is 1.10 bits per heavy atom. The Morgan fingerprint density at radius 2 is 1.80 bits per heavy atom. The van der Waals surface area contributed by atoms with E-state index in [1.54, 1.807) is 6.07 Å². The maximum atomic E-state index is 11.6. The molecule has 2 rings (SSSR count). The molecule has 20 heavy (non-hydrogen) atoms. The van der Waals surface area contributed by atoms with Gasteiger partial charge in [-0.05, 0) is 17.2 Å². The van der Waals surface area contributed by atoms with Crippen molar-refractivity contribution in [3.8, 4) is 16.9 Å². The molecule has 3 nitrogen and oxygen atoms in total. The number of hydrogen-bond acceptors (Lipinski definition) is 4. The van der Waals surface area contributed by atoms with Gasteiger partial charge in [0.2, 0.25) is 0 Å². The zero-order chi connectivity index (χ0) is 14.4. The maximum absolute atomic E-state index is 11.6. The van der Waals surface area contributed by atoms with Crippen molar-refractivity contribution in [2.24, 2.45) is 0 Å². The average Bonchev–Trinajstić information content (AvgIpc) is 2.48. The van der Waals surface area contributed by atoms with Gasteiger partial charge in [0.25, 0.3) is 0 Å². The molecule has 1 N–H and O–H groups in total. The standard InChI is InChI=1S/C16H16O3S/c17-11-12-5-7-13(8-6-12)14-3-1-2-4-15(14)19-16(18)9-10-20/h1-8,17,20H,9-11H2. The van der Waals surface area contributed by atoms with Gasteiger partial charge in [-0.2, -0.15) is 12.6 Å². The summed E-state index contributed by atoms with van der Waals surface area (Å²) in [6.07, 6.45) is 0.279. The smallest absolute Gasteiger partial charge is 0.312 e. The molecule has 2 aromatic carbocycles. The SMILES string of the molecule is O=C(CCS)Oc1ccccc1-c1ccc(CO)cc1. The first-order chi connectivity index (χ1) is 9.74. The molecular formula is C16H16O3S. The third kappa shape index (κ3) is 3.62. The molecule has 0 bridgehead atoms. The molecule has 0 unspecified atom stereocenters. The number of aliphatic hydroxyl groups is 1. The van der Waals surface area contributed by atoms with Crippen LogP contribution in [0.25, 0.3) is 11.1 Å². The molecule has 0 aromatic heterocycles. The van der Waals surface area contributed by atoms with Crippen molar-refractivity contribution in [2.75, 3.05) is 5.75 Å². The van der Waals surface area contributed by atoms with E-state index in [1.165, 1.54) is 0 Å². The van der Waals surface area contributed by atoms with Gasteiger partial charge in [0.05, 0.1) is 13.0 Å². The van der Waals surface area contributed by atoms with E-state index in [2.05, 4.69) is 12.6 Å². The van der Waals surface area contributed by atoms with E-state index in [9.17, 15) is 4.79 Å². The molecule has 0 aliphatic heterocycles. The van der Waals surface area contributed by atoms with Crippen LogP contribution in [0.2, 0.25) is 0 Å². The van der Waals surface area contributed by atoms with Crippen LogP contribution in [0.4, 0.5) is 0 Å². The summed E-state index contributed by atoms with van der Waals surface area (Å²) < 4.78 is 5.36. The quantitative estimate of drug-likeness (QED) is 0.505. The number of ether oxygens (including phenoxy) is 1. The van der Waals surface area contributed by atoms with Gasteiger partial charge in [-0.25, -0.2) is 0 Å². The number of thiol groups is 1. The molecular weight excluding hydrogens is 272 g/mol. The second-order valence-electron chi connectivity index (χ2n) is 4.30. The molecule has 0 spiro atoms. The summed E-state index contributed by atoms with van der Waals surface area (Å²) in [5, 5.41) is 9.06. The molecule has 0 amide bonds. The van der Waals surface area contributed by atoms with Crippen LogP contribution < -0.4 is 4.74 Å². The van der Waals surface area contributed by atoms with Crippen LogP contribution in [0.15, 0.2) is 48.5 Å². The highest BCUT2D eigenvalue weighted by Gasteiger charge is 2.09. The number of para-hydroxylation sites is 1. The summed E-state index contributed by atoms with van der Waals surface area (Å²) in [7, 11) is 0. The minimum absolute atomic E-state index is 0.0128. The fraction of sp³-hybridized carbons (Fsp3) is 0.188. The fourth-order valence-corrected chi connectivity index (χ4v) is 2.03. The summed E-state index contributed by atoms with van der Waals surface area (Å²) in [5.74, 6) is 0.710. The second-order valence-corrected chi connectivity index (χ2v) is 4.75. The van der Waals surface area contributed by atoms with Crippen LogP contribution in [0.3, 0.4) is 0 Å². The molecule has 2 aromatic rings. The van der Waals surface area contributed by atoms with Crippen molar-refractivity contribution in [3.05, 3.63) is 54.1 Å². The predicted molar refractivity (Wildman–Crippen MR) is 81.9 cm³/mol. The van der Waals surface area contributed by atoms with E-state index in [4.69, 9.17) is 9.84 Å². The lowest BCUT2D eigenvalue weighted by atomic mass is 10.0. The highest BCUT2D eigenvalue weighted by Crippen LogP contribution is 2.30. The Kier molecular flexibility index (Phi) is 5.21. The summed E-state index contributed by atoms with van der Waals surface area (Å²) >= 11 is 4.02. The topological polar surface area (TPSA) is 46.5 Å². The van der Waals surface area contributed by atoms with Crippen LogP contribution in [-0.2, 0) is 11.4 Å². The van der Waals surface area contributed by atoms with E-state index in [0.717, 1.165) is 16.7 Å². The number of rotatable bonds is 5. The van der Waals surface area contributed by atoms with E-state index in [-0.39, 0.29) is 19.0 Å². The zero-order valence-corrected chi connectivity index (χ0v) is 11.8. The Labute approximate surface area is 123 Å². The first kappa shape index (κ1) is 14.6. The first-order valence-electron chi connectivity index (χ1n) is 6.35. The number of aliphatic hydroxyl groups excluding tert-OH is 1. The van der Waals surface area contributed by atoms with Gasteiger partial charge in [0, 0.05) is 11.3 Å². The summed E-state index contributed by atoms with van der Waals surface area (Å²) in [6.45, 7) is 0.0128. The van der Waals surface area contributed by atoms with Crippen LogP contribution in [0.5, 0.6) is 5.75 Å². The summed E-state index contributed by atoms with van der Waals surface area (Å²) in [4.78, 5) is 11.6. The van der Waals surface area contributed by atoms with Crippen molar-refractivity contribution in [1.29, 1.82) is 0 Å². The molecule has 0 saturated carbocycles. The van der Waals surface area contributed by atoms with Gasteiger partial charge in [-0.15, -0.1) is 0 Å². The lowest BCUT2D eigenvalue weighted by Crippen LogP contribution is -2.08. The fourth-order valence-electron chi connectivity index (χ4n) is 1.85. The van der Waals surface area contributed by atoms with Crippen LogP contribution in [0, 0.1) is 0 Å².